The molecule has 2 aliphatic heterocycles. The molecule has 0 bridgehead atoms. The highest BCUT2D eigenvalue weighted by Crippen LogP contribution is 2.38. The van der Waals surface area contributed by atoms with E-state index >= 15 is 0 Å². The van der Waals surface area contributed by atoms with E-state index in [4.69, 9.17) is 9.47 Å². The average molecular weight is 150 g/mol. The fourth-order valence-corrected chi connectivity index (χ4v) is 1.40. The predicted molar refractivity (Wildman–Crippen MR) is 38.1 cm³/mol. The molecule has 1 aromatic heterocycles. The van der Waals surface area contributed by atoms with Crippen molar-refractivity contribution in [2.24, 2.45) is 4.99 Å². The fraction of sp³-hybridized carbons (Fsp3) is 0.286. The SMILES string of the molecule is C1=NCc2c3c(cn21)OCO3. The summed E-state index contributed by atoms with van der Waals surface area (Å²) in [6, 6.07) is 0. The standard InChI is InChI=1S/C7H6N2O2/c1-5-7-6(10-4-11-7)2-9(5)3-8-1/h2-3H,1,4H2. The Hall–Kier alpha value is -1.45. The Kier molecular flexibility index (Phi) is 0.753. The number of fused-ring (bicyclic) bond motifs is 3. The summed E-state index contributed by atoms with van der Waals surface area (Å²) in [6.45, 7) is 1.05. The van der Waals surface area contributed by atoms with Crippen LogP contribution in [0, 0.1) is 0 Å². The smallest absolute Gasteiger partial charge is 0.231 e. The van der Waals surface area contributed by atoms with Gasteiger partial charge in [-0.2, -0.15) is 0 Å². The summed E-state index contributed by atoms with van der Waals surface area (Å²) in [6.07, 6.45) is 3.68. The third-order valence-corrected chi connectivity index (χ3v) is 1.92. The second-order valence-electron chi connectivity index (χ2n) is 2.54. The maximum absolute atomic E-state index is 5.26. The Morgan fingerprint density at radius 1 is 1.45 bits per heavy atom. The van der Waals surface area contributed by atoms with Gasteiger partial charge in [0, 0.05) is 0 Å². The number of hydrogen-bond acceptors (Lipinski definition) is 3. The van der Waals surface area contributed by atoms with Crippen LogP contribution in [0.2, 0.25) is 0 Å². The zero-order chi connectivity index (χ0) is 7.26. The van der Waals surface area contributed by atoms with Crippen molar-refractivity contribution in [2.75, 3.05) is 6.79 Å². The highest BCUT2D eigenvalue weighted by molar-refractivity contribution is 5.68. The van der Waals surface area contributed by atoms with Crippen LogP contribution in [0.3, 0.4) is 0 Å². The van der Waals surface area contributed by atoms with Crippen molar-refractivity contribution in [3.05, 3.63) is 11.9 Å². The minimum atomic E-state index is 0.346. The van der Waals surface area contributed by atoms with Gasteiger partial charge in [0.15, 0.2) is 11.5 Å². The zero-order valence-corrected chi connectivity index (χ0v) is 5.78. The Morgan fingerprint density at radius 2 is 2.45 bits per heavy atom. The van der Waals surface area contributed by atoms with Gasteiger partial charge in [-0.05, 0) is 0 Å². The molecular formula is C7H6N2O2. The topological polar surface area (TPSA) is 35.8 Å². The van der Waals surface area contributed by atoms with E-state index in [1.807, 2.05) is 10.8 Å². The maximum atomic E-state index is 5.26. The van der Waals surface area contributed by atoms with Crippen molar-refractivity contribution < 1.29 is 9.47 Å². The molecule has 0 saturated carbocycles. The Labute approximate surface area is 63.1 Å². The predicted octanol–water partition coefficient (Wildman–Crippen LogP) is 0.607. The van der Waals surface area contributed by atoms with Crippen molar-refractivity contribution in [3.63, 3.8) is 0 Å². The Morgan fingerprint density at radius 3 is 3.45 bits per heavy atom. The number of rotatable bonds is 0. The number of aliphatic imine (C=N–C) groups is 1. The summed E-state index contributed by atoms with van der Waals surface area (Å²) in [4.78, 5) is 4.09. The Balaban J connectivity index is 2.27. The van der Waals surface area contributed by atoms with Gasteiger partial charge in [0.05, 0.1) is 24.8 Å². The first-order chi connectivity index (χ1) is 5.45. The summed E-state index contributed by atoms with van der Waals surface area (Å²) in [5.74, 6) is 1.70. The Bertz CT molecular complexity index is 340. The van der Waals surface area contributed by atoms with Gasteiger partial charge in [-0.25, -0.2) is 0 Å². The lowest BCUT2D eigenvalue weighted by atomic mass is 10.4. The van der Waals surface area contributed by atoms with Crippen LogP contribution in [0.5, 0.6) is 11.5 Å². The summed E-state index contributed by atoms with van der Waals surface area (Å²) in [5.41, 5.74) is 1.09. The van der Waals surface area contributed by atoms with Crippen LogP contribution in [0.15, 0.2) is 11.2 Å². The monoisotopic (exact) mass is 150 g/mol. The van der Waals surface area contributed by atoms with Crippen molar-refractivity contribution >= 4 is 6.34 Å². The lowest BCUT2D eigenvalue weighted by Gasteiger charge is -1.95. The maximum Gasteiger partial charge on any atom is 0.231 e. The van der Waals surface area contributed by atoms with Crippen molar-refractivity contribution in [2.45, 2.75) is 6.54 Å². The number of nitrogens with zero attached hydrogens (tertiary/aromatic N) is 2. The van der Waals surface area contributed by atoms with E-state index in [9.17, 15) is 0 Å². The van der Waals surface area contributed by atoms with Crippen LogP contribution in [-0.4, -0.2) is 17.7 Å². The first-order valence-corrected chi connectivity index (χ1v) is 3.44. The molecule has 3 rings (SSSR count). The fourth-order valence-electron chi connectivity index (χ4n) is 1.40. The molecule has 0 N–H and O–H groups in total. The molecule has 4 heteroatoms. The lowest BCUT2D eigenvalue weighted by Crippen LogP contribution is -1.99. The van der Waals surface area contributed by atoms with Crippen LogP contribution in [-0.2, 0) is 6.54 Å². The first kappa shape index (κ1) is 5.23. The molecule has 56 valence electrons. The number of aromatic nitrogens is 1. The van der Waals surface area contributed by atoms with Crippen molar-refractivity contribution in [3.8, 4) is 11.5 Å². The molecule has 0 fully saturated rings. The van der Waals surface area contributed by atoms with Gasteiger partial charge in [0.1, 0.15) is 0 Å². The van der Waals surface area contributed by atoms with Gasteiger partial charge in [-0.1, -0.05) is 0 Å². The molecule has 0 saturated heterocycles. The van der Waals surface area contributed by atoms with E-state index in [2.05, 4.69) is 4.99 Å². The van der Waals surface area contributed by atoms with E-state index in [1.54, 1.807) is 6.34 Å². The van der Waals surface area contributed by atoms with Crippen LogP contribution in [0.4, 0.5) is 0 Å². The van der Waals surface area contributed by atoms with Crippen LogP contribution >= 0.6 is 0 Å². The van der Waals surface area contributed by atoms with Crippen LogP contribution in [0.1, 0.15) is 5.69 Å². The quantitative estimate of drug-likeness (QED) is 0.543. The average Bonchev–Trinajstić information content (AvgIpc) is 2.52. The zero-order valence-electron chi connectivity index (χ0n) is 5.78. The van der Waals surface area contributed by atoms with E-state index < -0.39 is 0 Å². The van der Waals surface area contributed by atoms with Crippen LogP contribution in [0.25, 0.3) is 0 Å². The molecule has 0 radical (unpaired) electrons. The van der Waals surface area contributed by atoms with E-state index in [0.717, 1.165) is 17.2 Å². The van der Waals surface area contributed by atoms with Crippen molar-refractivity contribution in [1.29, 1.82) is 0 Å². The molecule has 0 atom stereocenters. The first-order valence-electron chi connectivity index (χ1n) is 3.44. The summed E-state index contributed by atoms with van der Waals surface area (Å²) in [5, 5.41) is 0. The second-order valence-corrected chi connectivity index (χ2v) is 2.54. The molecule has 11 heavy (non-hydrogen) atoms. The number of ether oxygens (including phenoxy) is 2. The molecule has 0 aromatic carbocycles. The second kappa shape index (κ2) is 1.58. The van der Waals surface area contributed by atoms with Gasteiger partial charge in [-0.3, -0.25) is 4.99 Å². The molecule has 2 aliphatic rings. The largest absolute Gasteiger partial charge is 0.452 e. The van der Waals surface area contributed by atoms with E-state index in [0.29, 0.717) is 13.3 Å². The highest BCUT2D eigenvalue weighted by atomic mass is 16.7. The molecule has 0 unspecified atom stereocenters. The third-order valence-electron chi connectivity index (χ3n) is 1.92. The molecule has 3 heterocycles. The van der Waals surface area contributed by atoms with Gasteiger partial charge < -0.3 is 14.0 Å². The van der Waals surface area contributed by atoms with Crippen molar-refractivity contribution in [1.82, 2.24) is 4.57 Å². The summed E-state index contributed by atoms with van der Waals surface area (Å²) < 4.78 is 12.4. The summed E-state index contributed by atoms with van der Waals surface area (Å²) in [7, 11) is 0. The molecule has 0 aliphatic carbocycles. The molecule has 0 amide bonds. The normalized spacial score (nSPS) is 17.5. The van der Waals surface area contributed by atoms with Crippen LogP contribution < -0.4 is 9.47 Å². The molecule has 4 nitrogen and oxygen atoms in total. The molecule has 1 aromatic rings. The molecular weight excluding hydrogens is 144 g/mol. The van der Waals surface area contributed by atoms with Gasteiger partial charge in [0.2, 0.25) is 6.79 Å². The van der Waals surface area contributed by atoms with Gasteiger partial charge >= 0.3 is 0 Å². The van der Waals surface area contributed by atoms with E-state index in [1.165, 1.54) is 0 Å². The highest BCUT2D eigenvalue weighted by Gasteiger charge is 2.24. The minimum absolute atomic E-state index is 0.346. The van der Waals surface area contributed by atoms with E-state index in [-0.39, 0.29) is 0 Å². The lowest BCUT2D eigenvalue weighted by molar-refractivity contribution is 0.171. The van der Waals surface area contributed by atoms with Gasteiger partial charge in [-0.15, -0.1) is 0 Å². The summed E-state index contributed by atoms with van der Waals surface area (Å²) >= 11 is 0. The third kappa shape index (κ3) is 0.520. The minimum Gasteiger partial charge on any atom is -0.452 e. The molecule has 0 spiro atoms. The van der Waals surface area contributed by atoms with Gasteiger partial charge in [0.25, 0.3) is 0 Å². The number of hydrogen-bond donors (Lipinski definition) is 0.